The first-order valence-corrected chi connectivity index (χ1v) is 12.3. The van der Waals surface area contributed by atoms with E-state index >= 15 is 0 Å². The van der Waals surface area contributed by atoms with Crippen molar-refractivity contribution >= 4 is 15.9 Å². The van der Waals surface area contributed by atoms with Crippen molar-refractivity contribution in [1.82, 2.24) is 24.8 Å². The summed E-state index contributed by atoms with van der Waals surface area (Å²) in [6.45, 7) is 1.87. The highest BCUT2D eigenvalue weighted by atomic mass is 32.2. The molecular weight excluding hydrogens is 442 g/mol. The molecule has 0 saturated heterocycles. The van der Waals surface area contributed by atoms with E-state index in [0.29, 0.717) is 0 Å². The van der Waals surface area contributed by atoms with Crippen LogP contribution in [0.25, 0.3) is 5.69 Å². The number of nitrogens with one attached hydrogen (secondary N) is 2. The van der Waals surface area contributed by atoms with Gasteiger partial charge in [0.1, 0.15) is 23.3 Å². The molecule has 1 heterocycles. The molecule has 1 unspecified atom stereocenters. The zero-order valence-electron chi connectivity index (χ0n) is 18.6. The van der Waals surface area contributed by atoms with Gasteiger partial charge in [0, 0.05) is 11.6 Å². The van der Waals surface area contributed by atoms with Crippen LogP contribution in [-0.2, 0) is 10.0 Å². The number of carbonyl (C=O) groups is 1. The summed E-state index contributed by atoms with van der Waals surface area (Å²) >= 11 is 0. The molecule has 0 aliphatic heterocycles. The molecule has 3 aromatic rings. The fraction of sp³-hybridized carbons (Fsp3) is 0.348. The Morgan fingerprint density at radius 1 is 1.15 bits per heavy atom. The van der Waals surface area contributed by atoms with Crippen molar-refractivity contribution in [3.05, 3.63) is 66.2 Å². The summed E-state index contributed by atoms with van der Waals surface area (Å²) in [5, 5.41) is 7.02. The average molecular weight is 470 g/mol. The van der Waals surface area contributed by atoms with E-state index in [1.807, 2.05) is 31.2 Å². The van der Waals surface area contributed by atoms with Crippen molar-refractivity contribution < 1.29 is 17.9 Å². The molecule has 1 aromatic heterocycles. The van der Waals surface area contributed by atoms with Gasteiger partial charge in [-0.3, -0.25) is 4.79 Å². The number of methoxy groups -OCH3 is 1. The van der Waals surface area contributed by atoms with Gasteiger partial charge in [-0.1, -0.05) is 25.0 Å². The van der Waals surface area contributed by atoms with E-state index in [2.05, 4.69) is 20.1 Å². The van der Waals surface area contributed by atoms with E-state index in [-0.39, 0.29) is 34.2 Å². The van der Waals surface area contributed by atoms with Crippen LogP contribution in [0.1, 0.15) is 54.6 Å². The van der Waals surface area contributed by atoms with Crippen LogP contribution >= 0.6 is 0 Å². The SMILES string of the molecule is COc1ccc(C(=O)NC(C)c2ccc(-n3cncn3)cc2)cc1S(=O)(=O)NC1CCCC1. The van der Waals surface area contributed by atoms with Crippen LogP contribution in [-0.4, -0.2) is 42.2 Å². The normalized spacial score (nSPS) is 15.3. The van der Waals surface area contributed by atoms with E-state index in [0.717, 1.165) is 36.9 Å². The van der Waals surface area contributed by atoms with E-state index in [4.69, 9.17) is 4.74 Å². The highest BCUT2D eigenvalue weighted by Gasteiger charge is 2.27. The predicted octanol–water partition coefficient (Wildman–Crippen LogP) is 2.99. The first-order chi connectivity index (χ1) is 15.9. The van der Waals surface area contributed by atoms with Crippen LogP contribution in [0.5, 0.6) is 5.75 Å². The summed E-state index contributed by atoms with van der Waals surface area (Å²) in [5.41, 5.74) is 2.00. The van der Waals surface area contributed by atoms with Gasteiger partial charge >= 0.3 is 0 Å². The van der Waals surface area contributed by atoms with Crippen molar-refractivity contribution in [2.45, 2.75) is 49.6 Å². The smallest absolute Gasteiger partial charge is 0.251 e. The highest BCUT2D eigenvalue weighted by Crippen LogP contribution is 2.27. The fourth-order valence-corrected chi connectivity index (χ4v) is 5.47. The molecule has 1 amide bonds. The first-order valence-electron chi connectivity index (χ1n) is 10.8. The molecule has 174 valence electrons. The summed E-state index contributed by atoms with van der Waals surface area (Å²) in [6.07, 6.45) is 6.71. The number of nitrogens with zero attached hydrogens (tertiary/aromatic N) is 3. The molecule has 1 aliphatic carbocycles. The Kier molecular flexibility index (Phi) is 6.75. The van der Waals surface area contributed by atoms with Crippen molar-refractivity contribution in [2.24, 2.45) is 0 Å². The maximum absolute atomic E-state index is 13.0. The third-order valence-electron chi connectivity index (χ3n) is 5.82. The summed E-state index contributed by atoms with van der Waals surface area (Å²) < 4.78 is 35.6. The molecule has 33 heavy (non-hydrogen) atoms. The number of benzene rings is 2. The average Bonchev–Trinajstić information content (AvgIpc) is 3.53. The summed E-state index contributed by atoms with van der Waals surface area (Å²) in [7, 11) is -2.41. The second-order valence-corrected chi connectivity index (χ2v) is 9.78. The van der Waals surface area contributed by atoms with Gasteiger partial charge in [-0.2, -0.15) is 5.10 Å². The van der Waals surface area contributed by atoms with Crippen molar-refractivity contribution in [2.75, 3.05) is 7.11 Å². The molecule has 4 rings (SSSR count). The van der Waals surface area contributed by atoms with Gasteiger partial charge in [0.05, 0.1) is 18.8 Å². The lowest BCUT2D eigenvalue weighted by Gasteiger charge is -2.17. The number of ether oxygens (including phenoxy) is 1. The van der Waals surface area contributed by atoms with Crippen LogP contribution in [0.4, 0.5) is 0 Å². The zero-order valence-corrected chi connectivity index (χ0v) is 19.4. The minimum Gasteiger partial charge on any atom is -0.495 e. The number of amides is 1. The molecule has 0 bridgehead atoms. The molecule has 0 spiro atoms. The van der Waals surface area contributed by atoms with E-state index in [1.54, 1.807) is 17.1 Å². The van der Waals surface area contributed by atoms with Crippen LogP contribution in [0.2, 0.25) is 0 Å². The topological polar surface area (TPSA) is 115 Å². The molecular formula is C23H27N5O4S. The Balaban J connectivity index is 1.50. The lowest BCUT2D eigenvalue weighted by molar-refractivity contribution is 0.0939. The Morgan fingerprint density at radius 3 is 2.52 bits per heavy atom. The van der Waals surface area contributed by atoms with Gasteiger partial charge in [0.2, 0.25) is 10.0 Å². The van der Waals surface area contributed by atoms with Crippen LogP contribution in [0, 0.1) is 0 Å². The standard InChI is InChI=1S/C23H27N5O4S/c1-16(17-7-10-20(11-8-17)28-15-24-14-25-28)26-23(29)18-9-12-21(32-2)22(13-18)33(30,31)27-19-5-3-4-6-19/h7-16,19,27H,3-6H2,1-2H3,(H,26,29). The molecule has 2 aromatic carbocycles. The number of aromatic nitrogens is 3. The molecule has 1 fully saturated rings. The number of carbonyl (C=O) groups excluding carboxylic acids is 1. The van der Waals surface area contributed by atoms with E-state index in [1.165, 1.54) is 25.6 Å². The number of sulfonamides is 1. The van der Waals surface area contributed by atoms with Gasteiger partial charge in [0.15, 0.2) is 0 Å². The summed E-state index contributed by atoms with van der Waals surface area (Å²) in [4.78, 5) is 16.8. The quantitative estimate of drug-likeness (QED) is 0.524. The predicted molar refractivity (Wildman–Crippen MR) is 123 cm³/mol. The Hall–Kier alpha value is -3.24. The minimum atomic E-state index is -3.82. The van der Waals surface area contributed by atoms with E-state index in [9.17, 15) is 13.2 Å². The van der Waals surface area contributed by atoms with E-state index < -0.39 is 10.0 Å². The highest BCUT2D eigenvalue weighted by molar-refractivity contribution is 7.89. The third-order valence-corrected chi connectivity index (χ3v) is 7.36. The molecule has 1 atom stereocenters. The van der Waals surface area contributed by atoms with Gasteiger partial charge in [-0.25, -0.2) is 22.8 Å². The van der Waals surface area contributed by atoms with Crippen LogP contribution < -0.4 is 14.8 Å². The maximum atomic E-state index is 13.0. The molecule has 0 radical (unpaired) electrons. The zero-order chi connectivity index (χ0) is 23.4. The lowest BCUT2D eigenvalue weighted by Crippen LogP contribution is -2.33. The minimum absolute atomic E-state index is 0.0330. The monoisotopic (exact) mass is 469 g/mol. The summed E-state index contributed by atoms with van der Waals surface area (Å²) in [6, 6.07) is 11.6. The molecule has 1 saturated carbocycles. The second-order valence-electron chi connectivity index (χ2n) is 8.10. The molecule has 9 nitrogen and oxygen atoms in total. The van der Waals surface area contributed by atoms with Crippen LogP contribution in [0.3, 0.4) is 0 Å². The van der Waals surface area contributed by atoms with Gasteiger partial charge in [-0.05, 0) is 55.7 Å². The van der Waals surface area contributed by atoms with Crippen molar-refractivity contribution in [3.8, 4) is 11.4 Å². The Bertz CT molecular complexity index is 1200. The van der Waals surface area contributed by atoms with Crippen molar-refractivity contribution in [3.63, 3.8) is 0 Å². The first kappa shape index (κ1) is 22.9. The molecule has 2 N–H and O–H groups in total. The fourth-order valence-electron chi connectivity index (χ4n) is 3.98. The second kappa shape index (κ2) is 9.72. The molecule has 1 aliphatic rings. The third kappa shape index (κ3) is 5.23. The largest absolute Gasteiger partial charge is 0.495 e. The van der Waals surface area contributed by atoms with Gasteiger partial charge < -0.3 is 10.1 Å². The van der Waals surface area contributed by atoms with Crippen LogP contribution in [0.15, 0.2) is 60.0 Å². The Morgan fingerprint density at radius 2 is 1.88 bits per heavy atom. The maximum Gasteiger partial charge on any atom is 0.251 e. The Labute approximate surface area is 193 Å². The number of hydrogen-bond donors (Lipinski definition) is 2. The number of hydrogen-bond acceptors (Lipinski definition) is 6. The lowest BCUT2D eigenvalue weighted by atomic mass is 10.1. The molecule has 10 heteroatoms. The van der Waals surface area contributed by atoms with Gasteiger partial charge in [0.25, 0.3) is 5.91 Å². The van der Waals surface area contributed by atoms with Crippen molar-refractivity contribution in [1.29, 1.82) is 0 Å². The summed E-state index contributed by atoms with van der Waals surface area (Å²) in [5.74, 6) is -0.170. The number of rotatable bonds is 8. The van der Waals surface area contributed by atoms with Gasteiger partial charge in [-0.15, -0.1) is 0 Å².